The van der Waals surface area contributed by atoms with Crippen LogP contribution in [0.25, 0.3) is 0 Å². The smallest absolute Gasteiger partial charge is 0.312 e. The van der Waals surface area contributed by atoms with Gasteiger partial charge in [0.2, 0.25) is 0 Å². The first kappa shape index (κ1) is 10.0. The van der Waals surface area contributed by atoms with Crippen LogP contribution in [0, 0.1) is 0 Å². The number of hydrogen-bond donors (Lipinski definition) is 3. The summed E-state index contributed by atoms with van der Waals surface area (Å²) in [5.41, 5.74) is 4.89. The molecule has 0 atom stereocenters. The van der Waals surface area contributed by atoms with Gasteiger partial charge in [0.1, 0.15) is 0 Å². The predicted molar refractivity (Wildman–Crippen MR) is 53.6 cm³/mol. The number of carbonyl (C=O) groups is 1. The van der Waals surface area contributed by atoms with Crippen LogP contribution in [0.4, 0.5) is 4.79 Å². The van der Waals surface area contributed by atoms with Gasteiger partial charge in [-0.05, 0) is 11.4 Å². The maximum absolute atomic E-state index is 10.3. The highest BCUT2D eigenvalue weighted by atomic mass is 32.1. The number of nitrogens with one attached hydrogen (secondary N) is 2. The summed E-state index contributed by atoms with van der Waals surface area (Å²) in [4.78, 5) is 11.6. The Kier molecular flexibility index (Phi) is 4.28. The molecule has 13 heavy (non-hydrogen) atoms. The largest absolute Gasteiger partial charge is 0.352 e. The lowest BCUT2D eigenvalue weighted by molar-refractivity contribution is 0.249. The fourth-order valence-corrected chi connectivity index (χ4v) is 1.57. The highest BCUT2D eigenvalue weighted by molar-refractivity contribution is 7.09. The van der Waals surface area contributed by atoms with E-state index in [9.17, 15) is 4.79 Å². The molecule has 4 nitrogen and oxygen atoms in total. The maximum Gasteiger partial charge on any atom is 0.312 e. The number of amides is 2. The van der Waals surface area contributed by atoms with E-state index in [4.69, 9.17) is 5.73 Å². The minimum absolute atomic E-state index is 0.474. The van der Waals surface area contributed by atoms with Gasteiger partial charge in [-0.15, -0.1) is 11.3 Å². The molecule has 0 aliphatic carbocycles. The Morgan fingerprint density at radius 3 is 3.00 bits per heavy atom. The van der Waals surface area contributed by atoms with E-state index in [0.29, 0.717) is 6.54 Å². The number of thiophene rings is 1. The second-order valence-electron chi connectivity index (χ2n) is 2.55. The third kappa shape index (κ3) is 4.49. The zero-order valence-corrected chi connectivity index (χ0v) is 8.06. The fraction of sp³-hybridized carbons (Fsp3) is 0.375. The van der Waals surface area contributed by atoms with Crippen molar-refractivity contribution in [3.63, 3.8) is 0 Å². The molecule has 1 heterocycles. The highest BCUT2D eigenvalue weighted by Gasteiger charge is 1.93. The minimum atomic E-state index is -0.474. The second kappa shape index (κ2) is 5.55. The van der Waals surface area contributed by atoms with E-state index in [1.165, 1.54) is 4.88 Å². The SMILES string of the molecule is NC(=O)NCCNCc1cccs1. The van der Waals surface area contributed by atoms with Crippen molar-refractivity contribution in [2.45, 2.75) is 6.54 Å². The summed E-state index contributed by atoms with van der Waals surface area (Å²) in [6.07, 6.45) is 0. The number of urea groups is 1. The molecule has 0 aliphatic heterocycles. The van der Waals surface area contributed by atoms with E-state index < -0.39 is 6.03 Å². The summed E-state index contributed by atoms with van der Waals surface area (Å²) < 4.78 is 0. The number of carbonyl (C=O) groups excluding carboxylic acids is 1. The molecule has 0 aliphatic rings. The van der Waals surface area contributed by atoms with E-state index >= 15 is 0 Å². The molecule has 1 aromatic rings. The van der Waals surface area contributed by atoms with Gasteiger partial charge in [0.05, 0.1) is 0 Å². The van der Waals surface area contributed by atoms with Gasteiger partial charge in [0, 0.05) is 24.5 Å². The van der Waals surface area contributed by atoms with E-state index in [1.807, 2.05) is 11.4 Å². The first-order chi connectivity index (χ1) is 6.29. The molecule has 0 saturated carbocycles. The fourth-order valence-electron chi connectivity index (χ4n) is 0.899. The number of hydrogen-bond acceptors (Lipinski definition) is 3. The molecule has 2 amide bonds. The average molecular weight is 199 g/mol. The summed E-state index contributed by atoms with van der Waals surface area (Å²) in [5, 5.41) is 7.73. The van der Waals surface area contributed by atoms with Crippen LogP contribution in [0.3, 0.4) is 0 Å². The minimum Gasteiger partial charge on any atom is -0.352 e. The molecular formula is C8H13N3OS. The number of nitrogens with two attached hydrogens (primary N) is 1. The summed E-state index contributed by atoms with van der Waals surface area (Å²) >= 11 is 1.71. The number of primary amides is 1. The van der Waals surface area contributed by atoms with Crippen molar-refractivity contribution in [3.05, 3.63) is 22.4 Å². The average Bonchev–Trinajstić information content (AvgIpc) is 2.55. The predicted octanol–water partition coefficient (Wildman–Crippen LogP) is 0.506. The first-order valence-electron chi connectivity index (χ1n) is 4.05. The molecule has 5 heteroatoms. The monoisotopic (exact) mass is 199 g/mol. The van der Waals surface area contributed by atoms with Gasteiger partial charge in [-0.2, -0.15) is 0 Å². The summed E-state index contributed by atoms with van der Waals surface area (Å²) in [5.74, 6) is 0. The highest BCUT2D eigenvalue weighted by Crippen LogP contribution is 2.06. The van der Waals surface area contributed by atoms with Crippen LogP contribution in [0.5, 0.6) is 0 Å². The Bertz CT molecular complexity index is 248. The van der Waals surface area contributed by atoms with Crippen LogP contribution in [0.2, 0.25) is 0 Å². The molecule has 1 rings (SSSR count). The Morgan fingerprint density at radius 1 is 1.54 bits per heavy atom. The van der Waals surface area contributed by atoms with E-state index in [-0.39, 0.29) is 0 Å². The summed E-state index contributed by atoms with van der Waals surface area (Å²) in [6.45, 7) is 2.15. The van der Waals surface area contributed by atoms with Gasteiger partial charge in [-0.3, -0.25) is 0 Å². The van der Waals surface area contributed by atoms with Gasteiger partial charge in [-0.25, -0.2) is 4.79 Å². The van der Waals surface area contributed by atoms with Crippen molar-refractivity contribution in [2.24, 2.45) is 5.73 Å². The van der Waals surface area contributed by atoms with E-state index in [2.05, 4.69) is 16.7 Å². The quantitative estimate of drug-likeness (QED) is 0.605. The van der Waals surface area contributed by atoms with E-state index in [1.54, 1.807) is 11.3 Å². The molecule has 0 spiro atoms. The lowest BCUT2D eigenvalue weighted by Gasteiger charge is -2.02. The van der Waals surface area contributed by atoms with Crippen LogP contribution < -0.4 is 16.4 Å². The van der Waals surface area contributed by atoms with Crippen LogP contribution in [-0.4, -0.2) is 19.1 Å². The molecule has 4 N–H and O–H groups in total. The lowest BCUT2D eigenvalue weighted by Crippen LogP contribution is -2.35. The van der Waals surface area contributed by atoms with Crippen molar-refractivity contribution in [1.29, 1.82) is 0 Å². The zero-order chi connectivity index (χ0) is 9.52. The number of rotatable bonds is 5. The van der Waals surface area contributed by atoms with Gasteiger partial charge < -0.3 is 16.4 Å². The van der Waals surface area contributed by atoms with Crippen LogP contribution >= 0.6 is 11.3 Å². The molecule has 0 saturated heterocycles. The first-order valence-corrected chi connectivity index (χ1v) is 4.93. The van der Waals surface area contributed by atoms with Gasteiger partial charge >= 0.3 is 6.03 Å². The van der Waals surface area contributed by atoms with Crippen molar-refractivity contribution in [1.82, 2.24) is 10.6 Å². The van der Waals surface area contributed by atoms with Crippen molar-refractivity contribution >= 4 is 17.4 Å². The topological polar surface area (TPSA) is 67.2 Å². The molecule has 0 bridgehead atoms. The normalized spacial score (nSPS) is 9.85. The molecular weight excluding hydrogens is 186 g/mol. The molecule has 1 aromatic heterocycles. The molecule has 0 radical (unpaired) electrons. The molecule has 0 aromatic carbocycles. The summed E-state index contributed by atoms with van der Waals surface area (Å²) in [7, 11) is 0. The van der Waals surface area contributed by atoms with Crippen molar-refractivity contribution in [2.75, 3.05) is 13.1 Å². The standard InChI is InChI=1S/C8H13N3OS/c9-8(12)11-4-3-10-6-7-2-1-5-13-7/h1-2,5,10H,3-4,6H2,(H3,9,11,12). The molecule has 72 valence electrons. The summed E-state index contributed by atoms with van der Waals surface area (Å²) in [6, 6.07) is 3.61. The second-order valence-corrected chi connectivity index (χ2v) is 3.58. The van der Waals surface area contributed by atoms with Crippen LogP contribution in [0.15, 0.2) is 17.5 Å². The third-order valence-electron chi connectivity index (χ3n) is 1.48. The van der Waals surface area contributed by atoms with Crippen LogP contribution in [0.1, 0.15) is 4.88 Å². The lowest BCUT2D eigenvalue weighted by atomic mass is 10.4. The maximum atomic E-state index is 10.3. The molecule has 0 fully saturated rings. The van der Waals surface area contributed by atoms with Crippen molar-refractivity contribution < 1.29 is 4.79 Å². The van der Waals surface area contributed by atoms with Crippen molar-refractivity contribution in [3.8, 4) is 0 Å². The van der Waals surface area contributed by atoms with Gasteiger partial charge in [0.25, 0.3) is 0 Å². The van der Waals surface area contributed by atoms with Crippen LogP contribution in [-0.2, 0) is 6.54 Å². The Hall–Kier alpha value is -1.07. The van der Waals surface area contributed by atoms with Gasteiger partial charge in [0.15, 0.2) is 0 Å². The third-order valence-corrected chi connectivity index (χ3v) is 2.36. The van der Waals surface area contributed by atoms with Gasteiger partial charge in [-0.1, -0.05) is 6.07 Å². The van der Waals surface area contributed by atoms with E-state index in [0.717, 1.165) is 13.1 Å². The Morgan fingerprint density at radius 2 is 2.38 bits per heavy atom. The molecule has 0 unspecified atom stereocenters. The Balaban J connectivity index is 1.99. The Labute approximate surface area is 81.1 Å². The zero-order valence-electron chi connectivity index (χ0n) is 7.25.